The second-order valence-corrected chi connectivity index (χ2v) is 8.47. The standard InChI is InChI=1S/C15H17N5O5S/c1-25-15(22)19-6-5-18(11-8-26(23,24)9-12(11)19)14(21)10-7-17-20-4-2-3-16-13(10)20/h2-4,7,11-12H,5-6,8-9H2,1H3/t11-,12+/m0/s1. The lowest BCUT2D eigenvalue weighted by molar-refractivity contribution is 0.0303. The summed E-state index contributed by atoms with van der Waals surface area (Å²) in [6.45, 7) is 0.427. The fourth-order valence-electron chi connectivity index (χ4n) is 3.68. The summed E-state index contributed by atoms with van der Waals surface area (Å²) >= 11 is 0. The molecule has 2 aliphatic heterocycles. The number of hydrogen-bond donors (Lipinski definition) is 0. The normalized spacial score (nSPS) is 24.5. The Balaban J connectivity index is 1.69. The number of methoxy groups -OCH3 is 1. The van der Waals surface area contributed by atoms with Crippen LogP contribution in [0.4, 0.5) is 4.79 Å². The second kappa shape index (κ2) is 5.94. The molecule has 2 saturated heterocycles. The molecule has 138 valence electrons. The topological polar surface area (TPSA) is 114 Å². The van der Waals surface area contributed by atoms with Crippen molar-refractivity contribution in [1.82, 2.24) is 24.4 Å². The van der Waals surface area contributed by atoms with Gasteiger partial charge >= 0.3 is 6.09 Å². The zero-order valence-corrected chi connectivity index (χ0v) is 14.8. The lowest BCUT2D eigenvalue weighted by Gasteiger charge is -2.42. The third-order valence-electron chi connectivity index (χ3n) is 4.86. The van der Waals surface area contributed by atoms with E-state index in [0.717, 1.165) is 0 Å². The molecule has 2 fully saturated rings. The van der Waals surface area contributed by atoms with Gasteiger partial charge in [-0.2, -0.15) is 5.10 Å². The van der Waals surface area contributed by atoms with Crippen LogP contribution in [0.2, 0.25) is 0 Å². The number of carbonyl (C=O) groups is 2. The average Bonchev–Trinajstić information content (AvgIpc) is 3.19. The predicted octanol–water partition coefficient (Wildman–Crippen LogP) is -0.581. The molecule has 26 heavy (non-hydrogen) atoms. The van der Waals surface area contributed by atoms with Gasteiger partial charge in [0.1, 0.15) is 5.56 Å². The van der Waals surface area contributed by atoms with Crippen molar-refractivity contribution in [2.24, 2.45) is 0 Å². The number of aromatic nitrogens is 3. The maximum Gasteiger partial charge on any atom is 0.409 e. The van der Waals surface area contributed by atoms with Gasteiger partial charge < -0.3 is 14.5 Å². The van der Waals surface area contributed by atoms with Crippen LogP contribution in [0, 0.1) is 0 Å². The molecular formula is C15H17N5O5S. The first-order valence-electron chi connectivity index (χ1n) is 8.05. The van der Waals surface area contributed by atoms with Crippen LogP contribution in [0.15, 0.2) is 24.7 Å². The van der Waals surface area contributed by atoms with Crippen LogP contribution in [0.25, 0.3) is 5.65 Å². The smallest absolute Gasteiger partial charge is 0.409 e. The summed E-state index contributed by atoms with van der Waals surface area (Å²) in [7, 11) is -2.11. The lowest BCUT2D eigenvalue weighted by Crippen LogP contribution is -2.61. The molecule has 0 bridgehead atoms. The van der Waals surface area contributed by atoms with E-state index in [0.29, 0.717) is 11.2 Å². The summed E-state index contributed by atoms with van der Waals surface area (Å²) in [6, 6.07) is 0.474. The Morgan fingerprint density at radius 3 is 2.62 bits per heavy atom. The van der Waals surface area contributed by atoms with Crippen LogP contribution in [-0.2, 0) is 14.6 Å². The molecule has 10 nitrogen and oxygen atoms in total. The molecule has 0 unspecified atom stereocenters. The Morgan fingerprint density at radius 1 is 1.19 bits per heavy atom. The number of rotatable bonds is 1. The summed E-state index contributed by atoms with van der Waals surface area (Å²) in [5.74, 6) is -0.692. The van der Waals surface area contributed by atoms with Gasteiger partial charge in [-0.15, -0.1) is 0 Å². The maximum absolute atomic E-state index is 13.1. The maximum atomic E-state index is 13.1. The van der Waals surface area contributed by atoms with Gasteiger partial charge in [-0.3, -0.25) is 4.79 Å². The largest absolute Gasteiger partial charge is 0.453 e. The van der Waals surface area contributed by atoms with Crippen LogP contribution in [0.5, 0.6) is 0 Å². The van der Waals surface area contributed by atoms with Crippen LogP contribution in [0.1, 0.15) is 10.4 Å². The fraction of sp³-hybridized carbons (Fsp3) is 0.467. The van der Waals surface area contributed by atoms with E-state index >= 15 is 0 Å². The highest BCUT2D eigenvalue weighted by Gasteiger charge is 2.50. The van der Waals surface area contributed by atoms with E-state index in [1.54, 1.807) is 18.5 Å². The lowest BCUT2D eigenvalue weighted by atomic mass is 10.0. The van der Waals surface area contributed by atoms with E-state index in [9.17, 15) is 18.0 Å². The van der Waals surface area contributed by atoms with E-state index in [1.807, 2.05) is 0 Å². The van der Waals surface area contributed by atoms with Crippen LogP contribution < -0.4 is 0 Å². The highest BCUT2D eigenvalue weighted by molar-refractivity contribution is 7.91. The van der Waals surface area contributed by atoms with Crippen LogP contribution in [-0.4, -0.2) is 88.6 Å². The molecule has 4 heterocycles. The summed E-state index contributed by atoms with van der Waals surface area (Å²) in [6.07, 6.45) is 4.08. The number of carbonyl (C=O) groups excluding carboxylic acids is 2. The molecule has 2 amide bonds. The Kier molecular flexibility index (Phi) is 3.83. The average molecular weight is 379 g/mol. The van der Waals surface area contributed by atoms with E-state index in [4.69, 9.17) is 4.74 Å². The van der Waals surface area contributed by atoms with Gasteiger partial charge in [0.05, 0.1) is 36.9 Å². The molecule has 2 aromatic heterocycles. The van der Waals surface area contributed by atoms with E-state index in [2.05, 4.69) is 10.1 Å². The van der Waals surface area contributed by atoms with Crippen molar-refractivity contribution < 1.29 is 22.7 Å². The molecule has 11 heteroatoms. The molecule has 0 aliphatic carbocycles. The SMILES string of the molecule is COC(=O)N1CCN(C(=O)c2cnn3cccnc23)[C@H]2CS(=O)(=O)C[C@H]21. The molecule has 4 rings (SSSR count). The number of amides is 2. The molecule has 0 aromatic carbocycles. The van der Waals surface area contributed by atoms with Gasteiger partial charge in [-0.1, -0.05) is 0 Å². The van der Waals surface area contributed by atoms with Crippen LogP contribution >= 0.6 is 0 Å². The third kappa shape index (κ3) is 2.59. The van der Waals surface area contributed by atoms with Gasteiger partial charge in [-0.05, 0) is 6.07 Å². The number of sulfone groups is 1. The molecular weight excluding hydrogens is 362 g/mol. The number of nitrogens with zero attached hydrogens (tertiary/aromatic N) is 5. The first kappa shape index (κ1) is 16.8. The minimum absolute atomic E-state index is 0.177. The van der Waals surface area contributed by atoms with E-state index in [1.165, 1.54) is 27.6 Å². The van der Waals surface area contributed by atoms with Crippen molar-refractivity contribution >= 4 is 27.5 Å². The van der Waals surface area contributed by atoms with Gasteiger partial charge in [0, 0.05) is 25.5 Å². The van der Waals surface area contributed by atoms with Gasteiger partial charge in [0.2, 0.25) is 0 Å². The Hall–Kier alpha value is -2.69. The Morgan fingerprint density at radius 2 is 1.88 bits per heavy atom. The number of hydrogen-bond acceptors (Lipinski definition) is 7. The summed E-state index contributed by atoms with van der Waals surface area (Å²) < 4.78 is 30.6. The highest BCUT2D eigenvalue weighted by atomic mass is 32.2. The molecule has 2 aromatic rings. The van der Waals surface area contributed by atoms with Crippen molar-refractivity contribution in [2.45, 2.75) is 12.1 Å². The van der Waals surface area contributed by atoms with Crippen molar-refractivity contribution in [3.8, 4) is 0 Å². The Labute approximate surface area is 149 Å². The Bertz CT molecular complexity index is 987. The van der Waals surface area contributed by atoms with Gasteiger partial charge in [-0.25, -0.2) is 22.7 Å². The monoisotopic (exact) mass is 379 g/mol. The third-order valence-corrected chi connectivity index (χ3v) is 6.55. The van der Waals surface area contributed by atoms with Gasteiger partial charge in [0.25, 0.3) is 5.91 Å². The first-order chi connectivity index (χ1) is 12.4. The molecule has 0 saturated carbocycles. The second-order valence-electron chi connectivity index (χ2n) is 6.32. The van der Waals surface area contributed by atoms with Gasteiger partial charge in [0.15, 0.2) is 15.5 Å². The number of ether oxygens (including phenoxy) is 1. The molecule has 0 N–H and O–H groups in total. The number of piperazine rings is 1. The minimum Gasteiger partial charge on any atom is -0.453 e. The first-order valence-corrected chi connectivity index (χ1v) is 9.88. The van der Waals surface area contributed by atoms with Crippen molar-refractivity contribution in [2.75, 3.05) is 31.7 Å². The summed E-state index contributed by atoms with van der Waals surface area (Å²) in [4.78, 5) is 32.1. The summed E-state index contributed by atoms with van der Waals surface area (Å²) in [5, 5.41) is 4.11. The highest BCUT2D eigenvalue weighted by Crippen LogP contribution is 2.29. The fourth-order valence-corrected chi connectivity index (χ4v) is 5.66. The zero-order valence-electron chi connectivity index (χ0n) is 14.0. The van der Waals surface area contributed by atoms with Crippen molar-refractivity contribution in [3.63, 3.8) is 0 Å². The summed E-state index contributed by atoms with van der Waals surface area (Å²) in [5.41, 5.74) is 0.713. The molecule has 0 spiro atoms. The molecule has 2 aliphatic rings. The van der Waals surface area contributed by atoms with Crippen molar-refractivity contribution in [3.05, 3.63) is 30.2 Å². The van der Waals surface area contributed by atoms with E-state index < -0.39 is 28.0 Å². The van der Waals surface area contributed by atoms with E-state index in [-0.39, 0.29) is 30.5 Å². The van der Waals surface area contributed by atoms with Crippen molar-refractivity contribution in [1.29, 1.82) is 0 Å². The zero-order chi connectivity index (χ0) is 18.5. The molecule has 2 atom stereocenters. The minimum atomic E-state index is -3.36. The van der Waals surface area contributed by atoms with Crippen LogP contribution in [0.3, 0.4) is 0 Å². The number of fused-ring (bicyclic) bond motifs is 2. The quantitative estimate of drug-likeness (QED) is 0.651. The predicted molar refractivity (Wildman–Crippen MR) is 89.4 cm³/mol. The molecule has 0 radical (unpaired) electrons.